The van der Waals surface area contributed by atoms with Crippen LogP contribution in [-0.4, -0.2) is 37.4 Å². The zero-order valence-corrected chi connectivity index (χ0v) is 11.9. The number of aliphatic hydroxyl groups is 1. The molecule has 7 nitrogen and oxygen atoms in total. The Bertz CT molecular complexity index is 522. The topological polar surface area (TPSA) is 89.0 Å². The predicted octanol–water partition coefficient (Wildman–Crippen LogP) is 0.678. The van der Waals surface area contributed by atoms with Gasteiger partial charge in [0.15, 0.2) is 5.82 Å². The van der Waals surface area contributed by atoms with Gasteiger partial charge in [0.1, 0.15) is 12.4 Å². The van der Waals surface area contributed by atoms with Crippen LogP contribution >= 0.6 is 0 Å². The fourth-order valence-corrected chi connectivity index (χ4v) is 1.96. The standard InChI is InChI=1S/C13H21N5O2/c1-10(4-7-18-8-6-15-11(18)2)14-5-3-12-16-13(9-19)20-17-12/h6,8,10,14,19H,3-5,7,9H2,1-2H3. The summed E-state index contributed by atoms with van der Waals surface area (Å²) >= 11 is 0. The molecule has 0 aliphatic heterocycles. The van der Waals surface area contributed by atoms with Crippen molar-refractivity contribution in [2.24, 2.45) is 0 Å². The first kappa shape index (κ1) is 14.7. The summed E-state index contributed by atoms with van der Waals surface area (Å²) in [7, 11) is 0. The van der Waals surface area contributed by atoms with E-state index in [4.69, 9.17) is 9.63 Å². The van der Waals surface area contributed by atoms with Gasteiger partial charge in [-0.2, -0.15) is 4.98 Å². The average Bonchev–Trinajstić information content (AvgIpc) is 3.05. The van der Waals surface area contributed by atoms with Crippen molar-refractivity contribution in [2.75, 3.05) is 6.54 Å². The molecular weight excluding hydrogens is 258 g/mol. The zero-order chi connectivity index (χ0) is 14.4. The highest BCUT2D eigenvalue weighted by atomic mass is 16.5. The van der Waals surface area contributed by atoms with E-state index in [0.29, 0.717) is 18.3 Å². The Morgan fingerprint density at radius 1 is 1.50 bits per heavy atom. The molecule has 0 amide bonds. The Morgan fingerprint density at radius 2 is 2.35 bits per heavy atom. The maximum Gasteiger partial charge on any atom is 0.252 e. The van der Waals surface area contributed by atoms with E-state index in [-0.39, 0.29) is 12.5 Å². The molecule has 0 aromatic carbocycles. The summed E-state index contributed by atoms with van der Waals surface area (Å²) in [6.07, 6.45) is 5.55. The molecule has 0 radical (unpaired) electrons. The molecular formula is C13H21N5O2. The van der Waals surface area contributed by atoms with Crippen molar-refractivity contribution in [1.29, 1.82) is 0 Å². The second-order valence-electron chi connectivity index (χ2n) is 4.82. The van der Waals surface area contributed by atoms with E-state index in [1.807, 2.05) is 19.3 Å². The lowest BCUT2D eigenvalue weighted by Crippen LogP contribution is -2.29. The number of aryl methyl sites for hydroxylation is 2. The van der Waals surface area contributed by atoms with Crippen LogP contribution in [0.2, 0.25) is 0 Å². The van der Waals surface area contributed by atoms with Crippen molar-refractivity contribution in [3.8, 4) is 0 Å². The van der Waals surface area contributed by atoms with Crippen LogP contribution in [0.4, 0.5) is 0 Å². The van der Waals surface area contributed by atoms with Gasteiger partial charge in [-0.1, -0.05) is 5.16 Å². The summed E-state index contributed by atoms with van der Waals surface area (Å²) in [4.78, 5) is 8.25. The number of rotatable bonds is 8. The first-order valence-corrected chi connectivity index (χ1v) is 6.82. The molecule has 7 heteroatoms. The molecule has 1 atom stereocenters. The normalized spacial score (nSPS) is 12.8. The van der Waals surface area contributed by atoms with Gasteiger partial charge in [-0.25, -0.2) is 4.98 Å². The summed E-state index contributed by atoms with van der Waals surface area (Å²) in [5.41, 5.74) is 0. The minimum Gasteiger partial charge on any atom is -0.387 e. The Labute approximate surface area is 118 Å². The molecule has 20 heavy (non-hydrogen) atoms. The monoisotopic (exact) mass is 279 g/mol. The number of hydrogen-bond donors (Lipinski definition) is 2. The largest absolute Gasteiger partial charge is 0.387 e. The van der Waals surface area contributed by atoms with Crippen LogP contribution in [0.1, 0.15) is 30.9 Å². The van der Waals surface area contributed by atoms with Gasteiger partial charge in [-0.15, -0.1) is 0 Å². The average molecular weight is 279 g/mol. The van der Waals surface area contributed by atoms with Crippen LogP contribution in [0.3, 0.4) is 0 Å². The molecule has 0 saturated heterocycles. The Kier molecular flexibility index (Phi) is 5.25. The lowest BCUT2D eigenvalue weighted by atomic mass is 10.2. The van der Waals surface area contributed by atoms with Gasteiger partial charge >= 0.3 is 0 Å². The molecule has 110 valence electrons. The second-order valence-corrected chi connectivity index (χ2v) is 4.82. The molecule has 0 bridgehead atoms. The smallest absolute Gasteiger partial charge is 0.252 e. The highest BCUT2D eigenvalue weighted by Gasteiger charge is 2.06. The zero-order valence-electron chi connectivity index (χ0n) is 11.9. The summed E-state index contributed by atoms with van der Waals surface area (Å²) in [5, 5.41) is 16.0. The van der Waals surface area contributed by atoms with E-state index >= 15 is 0 Å². The van der Waals surface area contributed by atoms with Crippen molar-refractivity contribution in [2.45, 2.75) is 45.9 Å². The van der Waals surface area contributed by atoms with Crippen LogP contribution in [0.25, 0.3) is 0 Å². The highest BCUT2D eigenvalue weighted by molar-refractivity contribution is 4.89. The van der Waals surface area contributed by atoms with E-state index in [1.165, 1.54) is 0 Å². The van der Waals surface area contributed by atoms with Crippen molar-refractivity contribution < 1.29 is 9.63 Å². The molecule has 0 aliphatic carbocycles. The van der Waals surface area contributed by atoms with Crippen molar-refractivity contribution in [1.82, 2.24) is 25.0 Å². The van der Waals surface area contributed by atoms with Crippen LogP contribution in [0, 0.1) is 6.92 Å². The molecule has 2 aromatic rings. The molecule has 0 fully saturated rings. The Balaban J connectivity index is 1.65. The molecule has 0 saturated carbocycles. The maximum atomic E-state index is 8.83. The summed E-state index contributed by atoms with van der Waals surface area (Å²) < 4.78 is 6.98. The molecule has 0 spiro atoms. The summed E-state index contributed by atoms with van der Waals surface area (Å²) in [5.74, 6) is 1.93. The quantitative estimate of drug-likeness (QED) is 0.738. The second kappa shape index (κ2) is 7.16. The number of hydrogen-bond acceptors (Lipinski definition) is 6. The highest BCUT2D eigenvalue weighted by Crippen LogP contribution is 2.01. The first-order chi connectivity index (χ1) is 9.69. The Hall–Kier alpha value is -1.73. The maximum absolute atomic E-state index is 8.83. The molecule has 2 N–H and O–H groups in total. The molecule has 2 heterocycles. The van der Waals surface area contributed by atoms with Crippen molar-refractivity contribution in [3.05, 3.63) is 29.9 Å². The van der Waals surface area contributed by atoms with Gasteiger partial charge < -0.3 is 19.5 Å². The van der Waals surface area contributed by atoms with Crippen LogP contribution < -0.4 is 5.32 Å². The first-order valence-electron chi connectivity index (χ1n) is 6.82. The third-order valence-corrected chi connectivity index (χ3v) is 3.21. The third-order valence-electron chi connectivity index (χ3n) is 3.21. The van der Waals surface area contributed by atoms with Crippen LogP contribution in [0.5, 0.6) is 0 Å². The van der Waals surface area contributed by atoms with E-state index in [1.54, 1.807) is 0 Å². The van der Waals surface area contributed by atoms with Gasteiger partial charge in [0, 0.05) is 37.9 Å². The minimum absolute atomic E-state index is 0.207. The van der Waals surface area contributed by atoms with E-state index < -0.39 is 0 Å². The third kappa shape index (κ3) is 4.14. The molecule has 1 unspecified atom stereocenters. The van der Waals surface area contributed by atoms with Crippen molar-refractivity contribution >= 4 is 0 Å². The van der Waals surface area contributed by atoms with Gasteiger partial charge in [0.2, 0.25) is 0 Å². The number of aromatic nitrogens is 4. The van der Waals surface area contributed by atoms with E-state index in [0.717, 1.165) is 25.3 Å². The molecule has 0 aliphatic rings. The van der Waals surface area contributed by atoms with Gasteiger partial charge in [-0.05, 0) is 20.3 Å². The lowest BCUT2D eigenvalue weighted by molar-refractivity contribution is 0.222. The lowest BCUT2D eigenvalue weighted by Gasteiger charge is -2.14. The van der Waals surface area contributed by atoms with E-state index in [9.17, 15) is 0 Å². The van der Waals surface area contributed by atoms with Gasteiger partial charge in [0.25, 0.3) is 5.89 Å². The number of aliphatic hydroxyl groups excluding tert-OH is 1. The van der Waals surface area contributed by atoms with Crippen LogP contribution in [-0.2, 0) is 19.6 Å². The number of nitrogens with one attached hydrogen (secondary N) is 1. The summed E-state index contributed by atoms with van der Waals surface area (Å²) in [6, 6.07) is 0.404. The minimum atomic E-state index is -0.207. The fraction of sp³-hybridized carbons (Fsp3) is 0.615. The number of nitrogens with zero attached hydrogens (tertiary/aromatic N) is 4. The number of imidazole rings is 1. The molecule has 2 aromatic heterocycles. The predicted molar refractivity (Wildman–Crippen MR) is 73.0 cm³/mol. The van der Waals surface area contributed by atoms with Crippen LogP contribution in [0.15, 0.2) is 16.9 Å². The van der Waals surface area contributed by atoms with Gasteiger partial charge in [-0.3, -0.25) is 0 Å². The SMILES string of the molecule is Cc1nccn1CCC(C)NCCc1noc(CO)n1. The Morgan fingerprint density at radius 3 is 3.00 bits per heavy atom. The van der Waals surface area contributed by atoms with E-state index in [2.05, 4.69) is 31.9 Å². The fourth-order valence-electron chi connectivity index (χ4n) is 1.96. The van der Waals surface area contributed by atoms with Crippen molar-refractivity contribution in [3.63, 3.8) is 0 Å². The molecule has 2 rings (SSSR count). The summed E-state index contributed by atoms with van der Waals surface area (Å²) in [6.45, 7) is 5.70. The van der Waals surface area contributed by atoms with Gasteiger partial charge in [0.05, 0.1) is 0 Å².